The van der Waals surface area contributed by atoms with Crippen LogP contribution in [-0.4, -0.2) is 14.4 Å². The van der Waals surface area contributed by atoms with Gasteiger partial charge in [-0.25, -0.2) is 0 Å². The van der Waals surface area contributed by atoms with E-state index < -0.39 is 8.32 Å². The van der Waals surface area contributed by atoms with Gasteiger partial charge in [0.1, 0.15) is 0 Å². The van der Waals surface area contributed by atoms with Crippen LogP contribution in [0, 0.1) is 11.8 Å². The Hall–Kier alpha value is 0.647. The number of halogens is 1. The Morgan fingerprint density at radius 3 is 2.05 bits per heavy atom. The molecule has 0 aromatic rings. The van der Waals surface area contributed by atoms with Crippen LogP contribution in [0.2, 0.25) is 18.1 Å². The number of allylic oxidation sites excluding steroid dienone is 1. The second kappa shape index (κ2) is 7.60. The van der Waals surface area contributed by atoms with Crippen LogP contribution in [-0.2, 0) is 4.43 Å². The van der Waals surface area contributed by atoms with E-state index in [-0.39, 0.29) is 5.04 Å². The van der Waals surface area contributed by atoms with Crippen molar-refractivity contribution in [3.8, 4) is 0 Å². The molecule has 0 N–H and O–H groups in total. The van der Waals surface area contributed by atoms with Gasteiger partial charge in [0.2, 0.25) is 0 Å². The van der Waals surface area contributed by atoms with E-state index in [4.69, 9.17) is 4.43 Å². The number of hydrogen-bond donors (Lipinski definition) is 0. The van der Waals surface area contributed by atoms with Crippen molar-refractivity contribution in [2.75, 3.05) is 0 Å². The van der Waals surface area contributed by atoms with Crippen LogP contribution in [0.15, 0.2) is 9.66 Å². The van der Waals surface area contributed by atoms with Gasteiger partial charge in [0, 0.05) is 5.92 Å². The molecular weight excluding hydrogens is 363 g/mol. The zero-order chi connectivity index (χ0) is 15.4. The molecule has 0 aromatic carbocycles. The van der Waals surface area contributed by atoms with Crippen molar-refractivity contribution < 1.29 is 4.43 Å². The van der Waals surface area contributed by atoms with Gasteiger partial charge >= 0.3 is 0 Å². The van der Waals surface area contributed by atoms with Crippen molar-refractivity contribution in [3.05, 3.63) is 9.66 Å². The molecule has 1 nitrogen and oxygen atoms in total. The van der Waals surface area contributed by atoms with Crippen molar-refractivity contribution in [2.24, 2.45) is 11.8 Å². The van der Waals surface area contributed by atoms with Crippen molar-refractivity contribution in [2.45, 2.75) is 79.1 Å². The summed E-state index contributed by atoms with van der Waals surface area (Å²) in [4.78, 5) is 0. The molecule has 0 unspecified atom stereocenters. The summed E-state index contributed by atoms with van der Waals surface area (Å²) in [5.74, 6) is 1.09. The Morgan fingerprint density at radius 1 is 1.26 bits per heavy atom. The lowest BCUT2D eigenvalue weighted by molar-refractivity contribution is 0.0908. The summed E-state index contributed by atoms with van der Waals surface area (Å²) in [6.45, 7) is 20.7. The highest BCUT2D eigenvalue weighted by Crippen LogP contribution is 2.39. The molecule has 0 amide bonds. The van der Waals surface area contributed by atoms with E-state index in [2.05, 4.69) is 90.2 Å². The first kappa shape index (κ1) is 19.6. The van der Waals surface area contributed by atoms with Crippen LogP contribution >= 0.6 is 22.6 Å². The SMILES string of the molecule is CC[C@H](C)[C@H](O[Si](C)(C)C(C)(C)C)[C@@H](C)/C=C(/C)I. The van der Waals surface area contributed by atoms with Crippen LogP contribution in [0.25, 0.3) is 0 Å². The second-order valence-corrected chi connectivity index (χ2v) is 13.8. The maximum Gasteiger partial charge on any atom is 0.192 e. The standard InChI is InChI=1S/C16H33IOSi/c1-10-12(2)15(13(3)11-14(4)17)18-19(8,9)16(5,6)7/h11-13,15H,10H2,1-9H3/b14-11-/t12-,13-,15-/m0/s1. The largest absolute Gasteiger partial charge is 0.413 e. The van der Waals surface area contributed by atoms with E-state index in [0.717, 1.165) is 0 Å². The summed E-state index contributed by atoms with van der Waals surface area (Å²) < 4.78 is 8.07. The van der Waals surface area contributed by atoms with Gasteiger partial charge in [0.05, 0.1) is 6.10 Å². The van der Waals surface area contributed by atoms with E-state index in [9.17, 15) is 0 Å². The van der Waals surface area contributed by atoms with E-state index in [1.54, 1.807) is 0 Å². The number of rotatable bonds is 6. The summed E-state index contributed by atoms with van der Waals surface area (Å²) in [5, 5.41) is 0.279. The summed E-state index contributed by atoms with van der Waals surface area (Å²) in [7, 11) is -1.69. The second-order valence-electron chi connectivity index (χ2n) is 7.34. The maximum atomic E-state index is 6.71. The molecule has 0 radical (unpaired) electrons. The fourth-order valence-electron chi connectivity index (χ4n) is 1.95. The van der Waals surface area contributed by atoms with Gasteiger partial charge in [-0.1, -0.05) is 54.0 Å². The van der Waals surface area contributed by atoms with Gasteiger partial charge in [0.15, 0.2) is 8.32 Å². The molecule has 0 rings (SSSR count). The van der Waals surface area contributed by atoms with E-state index >= 15 is 0 Å². The first-order valence-electron chi connectivity index (χ1n) is 7.44. The van der Waals surface area contributed by atoms with Crippen molar-refractivity contribution in [1.82, 2.24) is 0 Å². The Balaban J connectivity index is 5.14. The van der Waals surface area contributed by atoms with Crippen LogP contribution in [0.1, 0.15) is 54.9 Å². The Morgan fingerprint density at radius 2 is 1.74 bits per heavy atom. The summed E-state index contributed by atoms with van der Waals surface area (Å²) >= 11 is 2.40. The molecule has 0 saturated carbocycles. The first-order valence-corrected chi connectivity index (χ1v) is 11.4. The third-order valence-corrected chi connectivity index (χ3v) is 9.29. The van der Waals surface area contributed by atoms with Crippen molar-refractivity contribution >= 4 is 30.9 Å². The molecule has 0 aromatic heterocycles. The molecule has 0 spiro atoms. The highest BCUT2D eigenvalue weighted by Gasteiger charge is 2.40. The lowest BCUT2D eigenvalue weighted by Crippen LogP contribution is -2.47. The van der Waals surface area contributed by atoms with E-state index in [1.165, 1.54) is 10.0 Å². The smallest absolute Gasteiger partial charge is 0.192 e. The highest BCUT2D eigenvalue weighted by atomic mass is 127. The van der Waals surface area contributed by atoms with Gasteiger partial charge in [0.25, 0.3) is 0 Å². The van der Waals surface area contributed by atoms with Gasteiger partial charge in [-0.15, -0.1) is 0 Å². The molecule has 0 fully saturated rings. The first-order chi connectivity index (χ1) is 8.42. The van der Waals surface area contributed by atoms with Crippen LogP contribution in [0.3, 0.4) is 0 Å². The molecule has 0 aliphatic carbocycles. The van der Waals surface area contributed by atoms with E-state index in [1.807, 2.05) is 0 Å². The molecule has 0 aliphatic heterocycles. The Bertz CT molecular complexity index is 300. The average molecular weight is 396 g/mol. The molecule has 0 heterocycles. The topological polar surface area (TPSA) is 9.23 Å². The van der Waals surface area contributed by atoms with Crippen LogP contribution in [0.5, 0.6) is 0 Å². The van der Waals surface area contributed by atoms with Crippen LogP contribution in [0.4, 0.5) is 0 Å². The zero-order valence-electron chi connectivity index (χ0n) is 14.3. The Labute approximate surface area is 135 Å². The third kappa shape index (κ3) is 6.30. The van der Waals surface area contributed by atoms with Crippen molar-refractivity contribution in [3.63, 3.8) is 0 Å². The molecule has 114 valence electrons. The van der Waals surface area contributed by atoms with Gasteiger partial charge in [-0.05, 0) is 57.1 Å². The van der Waals surface area contributed by atoms with Gasteiger partial charge < -0.3 is 4.43 Å². The predicted octanol–water partition coefficient (Wildman–Crippen LogP) is 6.40. The molecule has 3 atom stereocenters. The van der Waals surface area contributed by atoms with Gasteiger partial charge in [-0.2, -0.15) is 0 Å². The fraction of sp³-hybridized carbons (Fsp3) is 0.875. The molecule has 0 saturated heterocycles. The molecular formula is C16H33IOSi. The highest BCUT2D eigenvalue weighted by molar-refractivity contribution is 14.1. The summed E-state index contributed by atoms with van der Waals surface area (Å²) in [5.41, 5.74) is 0. The quantitative estimate of drug-likeness (QED) is 0.373. The predicted molar refractivity (Wildman–Crippen MR) is 98.5 cm³/mol. The minimum atomic E-state index is -1.69. The lowest BCUT2D eigenvalue weighted by Gasteiger charge is -2.42. The Kier molecular flexibility index (Phi) is 7.86. The van der Waals surface area contributed by atoms with Gasteiger partial charge in [-0.3, -0.25) is 0 Å². The fourth-order valence-corrected chi connectivity index (χ4v) is 4.00. The molecule has 0 bridgehead atoms. The number of hydrogen-bond acceptors (Lipinski definition) is 1. The molecule has 3 heteroatoms. The van der Waals surface area contributed by atoms with Crippen molar-refractivity contribution in [1.29, 1.82) is 0 Å². The minimum absolute atomic E-state index is 0.279. The average Bonchev–Trinajstić information content (AvgIpc) is 2.22. The summed E-state index contributed by atoms with van der Waals surface area (Å²) in [6, 6.07) is 0. The third-order valence-electron chi connectivity index (χ3n) is 4.45. The monoisotopic (exact) mass is 396 g/mol. The normalized spacial score (nSPS) is 19.2. The lowest BCUT2D eigenvalue weighted by atomic mass is 9.91. The minimum Gasteiger partial charge on any atom is -0.413 e. The maximum absolute atomic E-state index is 6.71. The zero-order valence-corrected chi connectivity index (χ0v) is 17.5. The molecule has 0 aliphatic rings. The summed E-state index contributed by atoms with van der Waals surface area (Å²) in [6.07, 6.45) is 3.87. The molecule has 19 heavy (non-hydrogen) atoms. The van der Waals surface area contributed by atoms with Crippen LogP contribution < -0.4 is 0 Å². The van der Waals surface area contributed by atoms with E-state index in [0.29, 0.717) is 17.9 Å².